The van der Waals surface area contributed by atoms with Gasteiger partial charge < -0.3 is 21.3 Å². The van der Waals surface area contributed by atoms with Crippen molar-refractivity contribution in [3.63, 3.8) is 0 Å². The highest BCUT2D eigenvalue weighted by Crippen LogP contribution is 2.29. The van der Waals surface area contributed by atoms with Gasteiger partial charge in [-0.15, -0.1) is 0 Å². The lowest BCUT2D eigenvalue weighted by Gasteiger charge is -2.08. The van der Waals surface area contributed by atoms with Crippen LogP contribution in [0.15, 0.2) is 34.9 Å². The van der Waals surface area contributed by atoms with E-state index in [1.165, 1.54) is 24.4 Å². The number of hydrogen-bond acceptors (Lipinski definition) is 5. The van der Waals surface area contributed by atoms with Crippen LogP contribution >= 0.6 is 15.9 Å². The fourth-order valence-electron chi connectivity index (χ4n) is 1.43. The second kappa shape index (κ2) is 5.15. The van der Waals surface area contributed by atoms with Crippen molar-refractivity contribution in [3.05, 3.63) is 40.5 Å². The SMILES string of the molecule is Nc1cnc(NC(=O)c2cccc(O)c2O)c(Br)c1. The zero-order chi connectivity index (χ0) is 14.0. The van der Waals surface area contributed by atoms with Crippen molar-refractivity contribution >= 4 is 33.3 Å². The van der Waals surface area contributed by atoms with Crippen LogP contribution in [-0.4, -0.2) is 21.1 Å². The van der Waals surface area contributed by atoms with Gasteiger partial charge in [0.05, 0.1) is 21.9 Å². The summed E-state index contributed by atoms with van der Waals surface area (Å²) in [5, 5.41) is 21.4. The maximum absolute atomic E-state index is 11.9. The number of rotatable bonds is 2. The standard InChI is InChI=1S/C12H10BrN3O3/c13-8-4-6(14)5-15-11(8)16-12(19)7-2-1-3-9(17)10(7)18/h1-5,17-18H,14H2,(H,15,16,19). The van der Waals surface area contributed by atoms with Crippen LogP contribution in [0, 0.1) is 0 Å². The van der Waals surface area contributed by atoms with E-state index in [1.807, 2.05) is 0 Å². The number of pyridine rings is 1. The average Bonchev–Trinajstić information content (AvgIpc) is 2.36. The van der Waals surface area contributed by atoms with E-state index in [2.05, 4.69) is 26.2 Å². The van der Waals surface area contributed by atoms with Crippen LogP contribution in [0.3, 0.4) is 0 Å². The number of amides is 1. The topological polar surface area (TPSA) is 108 Å². The largest absolute Gasteiger partial charge is 0.504 e. The van der Waals surface area contributed by atoms with Gasteiger partial charge in [0.15, 0.2) is 11.5 Å². The molecule has 1 heterocycles. The lowest BCUT2D eigenvalue weighted by Crippen LogP contribution is -2.13. The molecule has 0 unspecified atom stereocenters. The minimum atomic E-state index is -0.591. The first-order chi connectivity index (χ1) is 8.99. The van der Waals surface area contributed by atoms with Crippen LogP contribution in [0.25, 0.3) is 0 Å². The number of carbonyl (C=O) groups excluding carboxylic acids is 1. The van der Waals surface area contributed by atoms with Gasteiger partial charge in [-0.25, -0.2) is 4.98 Å². The third-order valence-corrected chi connectivity index (χ3v) is 2.96. The number of nitrogens with two attached hydrogens (primary N) is 1. The molecular formula is C12H10BrN3O3. The highest BCUT2D eigenvalue weighted by Gasteiger charge is 2.15. The van der Waals surface area contributed by atoms with Crippen molar-refractivity contribution in [3.8, 4) is 11.5 Å². The number of aromatic nitrogens is 1. The molecule has 0 aliphatic carbocycles. The molecule has 5 N–H and O–H groups in total. The molecule has 2 aromatic rings. The Morgan fingerprint density at radius 2 is 2.11 bits per heavy atom. The first-order valence-corrected chi connectivity index (χ1v) is 6.01. The Morgan fingerprint density at radius 3 is 2.79 bits per heavy atom. The number of carbonyl (C=O) groups is 1. The molecule has 0 spiro atoms. The van der Waals surface area contributed by atoms with E-state index >= 15 is 0 Å². The van der Waals surface area contributed by atoms with Gasteiger partial charge in [0, 0.05) is 0 Å². The zero-order valence-electron chi connectivity index (χ0n) is 9.59. The Hall–Kier alpha value is -2.28. The van der Waals surface area contributed by atoms with Crippen LogP contribution in [-0.2, 0) is 0 Å². The summed E-state index contributed by atoms with van der Waals surface area (Å²) in [6, 6.07) is 5.71. The predicted molar refractivity (Wildman–Crippen MR) is 74.1 cm³/mol. The lowest BCUT2D eigenvalue weighted by atomic mass is 10.1. The second-order valence-electron chi connectivity index (χ2n) is 3.73. The Kier molecular flexibility index (Phi) is 3.57. The van der Waals surface area contributed by atoms with Crippen molar-refractivity contribution in [1.29, 1.82) is 0 Å². The molecule has 0 aliphatic rings. The average molecular weight is 324 g/mol. The third kappa shape index (κ3) is 2.76. The van der Waals surface area contributed by atoms with Gasteiger partial charge in [0.25, 0.3) is 5.91 Å². The molecule has 1 amide bonds. The maximum atomic E-state index is 11.9. The molecule has 0 fully saturated rings. The number of benzene rings is 1. The van der Waals surface area contributed by atoms with Crippen molar-refractivity contribution in [2.75, 3.05) is 11.1 Å². The highest BCUT2D eigenvalue weighted by molar-refractivity contribution is 9.10. The van der Waals surface area contributed by atoms with Crippen molar-refractivity contribution in [1.82, 2.24) is 4.98 Å². The number of nitrogens with one attached hydrogen (secondary N) is 1. The van der Waals surface area contributed by atoms with Gasteiger partial charge >= 0.3 is 0 Å². The van der Waals surface area contributed by atoms with Gasteiger partial charge in [0.2, 0.25) is 0 Å². The Morgan fingerprint density at radius 1 is 1.37 bits per heavy atom. The number of halogens is 1. The summed E-state index contributed by atoms with van der Waals surface area (Å²) in [7, 11) is 0. The molecule has 2 rings (SSSR count). The summed E-state index contributed by atoms with van der Waals surface area (Å²) in [6.45, 7) is 0. The summed E-state index contributed by atoms with van der Waals surface area (Å²) >= 11 is 3.21. The monoisotopic (exact) mass is 323 g/mol. The first-order valence-electron chi connectivity index (χ1n) is 5.22. The van der Waals surface area contributed by atoms with Crippen molar-refractivity contribution in [2.24, 2.45) is 0 Å². The van der Waals surface area contributed by atoms with Crippen LogP contribution < -0.4 is 11.1 Å². The van der Waals surface area contributed by atoms with Gasteiger partial charge in [-0.2, -0.15) is 0 Å². The molecule has 1 aromatic heterocycles. The molecule has 6 nitrogen and oxygen atoms in total. The quantitative estimate of drug-likeness (QED) is 0.633. The molecule has 0 saturated carbocycles. The first kappa shape index (κ1) is 13.2. The number of para-hydroxylation sites is 1. The molecule has 19 heavy (non-hydrogen) atoms. The number of anilines is 2. The minimum Gasteiger partial charge on any atom is -0.504 e. The van der Waals surface area contributed by atoms with Gasteiger partial charge in [0.1, 0.15) is 5.82 Å². The highest BCUT2D eigenvalue weighted by atomic mass is 79.9. The molecule has 98 valence electrons. The van der Waals surface area contributed by atoms with E-state index in [9.17, 15) is 15.0 Å². The van der Waals surface area contributed by atoms with Crippen LogP contribution in [0.2, 0.25) is 0 Å². The van der Waals surface area contributed by atoms with Gasteiger partial charge in [-0.05, 0) is 34.1 Å². The van der Waals surface area contributed by atoms with E-state index in [4.69, 9.17) is 5.73 Å². The number of nitrogen functional groups attached to an aromatic ring is 1. The van der Waals surface area contributed by atoms with Crippen molar-refractivity contribution < 1.29 is 15.0 Å². The molecule has 1 aromatic carbocycles. The van der Waals surface area contributed by atoms with E-state index in [1.54, 1.807) is 6.07 Å². The summed E-state index contributed by atoms with van der Waals surface area (Å²) < 4.78 is 0.514. The molecule has 0 atom stereocenters. The van der Waals surface area contributed by atoms with Crippen LogP contribution in [0.1, 0.15) is 10.4 Å². The smallest absolute Gasteiger partial charge is 0.260 e. The number of hydrogen-bond donors (Lipinski definition) is 4. The Balaban J connectivity index is 2.28. The fourth-order valence-corrected chi connectivity index (χ4v) is 1.90. The van der Waals surface area contributed by atoms with E-state index in [-0.39, 0.29) is 17.1 Å². The van der Waals surface area contributed by atoms with E-state index < -0.39 is 11.7 Å². The molecular weight excluding hydrogens is 314 g/mol. The summed E-state index contributed by atoms with van der Waals surface area (Å²) in [5.41, 5.74) is 5.93. The number of phenolic OH excluding ortho intramolecular Hbond substituents is 2. The van der Waals surface area contributed by atoms with Crippen molar-refractivity contribution in [2.45, 2.75) is 0 Å². The van der Waals surface area contributed by atoms with Gasteiger partial charge in [-0.3, -0.25) is 4.79 Å². The van der Waals surface area contributed by atoms with Crippen LogP contribution in [0.4, 0.5) is 11.5 Å². The number of phenols is 2. The van der Waals surface area contributed by atoms with E-state index in [0.717, 1.165) is 0 Å². The van der Waals surface area contributed by atoms with Gasteiger partial charge in [-0.1, -0.05) is 6.07 Å². The normalized spacial score (nSPS) is 10.2. The number of nitrogens with zero attached hydrogens (tertiary/aromatic N) is 1. The van der Waals surface area contributed by atoms with E-state index in [0.29, 0.717) is 10.2 Å². The molecule has 0 radical (unpaired) electrons. The summed E-state index contributed by atoms with van der Waals surface area (Å²) in [4.78, 5) is 15.9. The van der Waals surface area contributed by atoms with Crippen LogP contribution in [0.5, 0.6) is 11.5 Å². The summed E-state index contributed by atoms with van der Waals surface area (Å²) in [6.07, 6.45) is 1.39. The summed E-state index contributed by atoms with van der Waals surface area (Å²) in [5.74, 6) is -1.17. The molecule has 7 heteroatoms. The minimum absolute atomic E-state index is 0.0504. The Bertz CT molecular complexity index is 646. The fraction of sp³-hybridized carbons (Fsp3) is 0. The molecule has 0 aliphatic heterocycles. The Labute approximate surface area is 117 Å². The predicted octanol–water partition coefficient (Wildman–Crippen LogP) is 2.09. The maximum Gasteiger partial charge on any atom is 0.260 e. The lowest BCUT2D eigenvalue weighted by molar-refractivity contribution is 0.102. The third-order valence-electron chi connectivity index (χ3n) is 2.35. The molecule has 0 bridgehead atoms. The molecule has 0 saturated heterocycles. The number of aromatic hydroxyl groups is 2. The second-order valence-corrected chi connectivity index (χ2v) is 4.58. The zero-order valence-corrected chi connectivity index (χ0v) is 11.2.